The Morgan fingerprint density at radius 2 is 1.90 bits per heavy atom. The number of aliphatic imine (C=N–C) groups is 1. The predicted octanol–water partition coefficient (Wildman–Crippen LogP) is 2.85. The molecule has 0 spiro atoms. The number of methoxy groups -OCH3 is 1. The van der Waals surface area contributed by atoms with E-state index in [-0.39, 0.29) is 35.4 Å². The Morgan fingerprint density at radius 1 is 1.17 bits per heavy atom. The molecule has 2 rings (SSSR count). The highest BCUT2D eigenvalue weighted by Crippen LogP contribution is 2.15. The van der Waals surface area contributed by atoms with E-state index in [9.17, 15) is 8.42 Å². The molecule has 0 unspecified atom stereocenters. The minimum atomic E-state index is -3.52. The quantitative estimate of drug-likeness (QED) is 0.183. The molecule has 7 nitrogen and oxygen atoms in total. The summed E-state index contributed by atoms with van der Waals surface area (Å²) in [5.74, 6) is 0.730. The lowest BCUT2D eigenvalue weighted by molar-refractivity contribution is 0.204. The van der Waals surface area contributed by atoms with Crippen LogP contribution in [0.2, 0.25) is 0 Å². The molecule has 29 heavy (non-hydrogen) atoms. The fourth-order valence-corrected chi connectivity index (χ4v) is 4.26. The first kappa shape index (κ1) is 25.8. The molecule has 0 bridgehead atoms. The van der Waals surface area contributed by atoms with Gasteiger partial charge in [-0.1, -0.05) is 12.1 Å². The van der Waals surface area contributed by atoms with E-state index in [2.05, 4.69) is 38.7 Å². The normalized spacial score (nSPS) is 11.8. The van der Waals surface area contributed by atoms with Crippen LogP contribution in [0.5, 0.6) is 0 Å². The van der Waals surface area contributed by atoms with Crippen LogP contribution in [0.25, 0.3) is 0 Å². The van der Waals surface area contributed by atoms with E-state index in [0.29, 0.717) is 13.2 Å². The van der Waals surface area contributed by atoms with Gasteiger partial charge in [-0.15, -0.1) is 35.3 Å². The summed E-state index contributed by atoms with van der Waals surface area (Å²) < 4.78 is 31.7. The van der Waals surface area contributed by atoms with Crippen LogP contribution in [0.15, 0.2) is 45.6 Å². The highest BCUT2D eigenvalue weighted by Gasteiger charge is 2.12. The molecular weight excluding hydrogens is 523 g/mol. The third-order valence-electron chi connectivity index (χ3n) is 3.98. The van der Waals surface area contributed by atoms with Crippen LogP contribution in [0.3, 0.4) is 0 Å². The maximum Gasteiger partial charge on any atom is 0.240 e. The molecule has 1 heterocycles. The van der Waals surface area contributed by atoms with E-state index in [1.165, 1.54) is 17.6 Å². The number of hydrogen-bond acceptors (Lipinski definition) is 5. The number of halogens is 1. The number of rotatable bonds is 10. The molecule has 0 amide bonds. The van der Waals surface area contributed by atoms with Crippen LogP contribution in [0.1, 0.15) is 22.9 Å². The summed E-state index contributed by atoms with van der Waals surface area (Å²) in [6.07, 6.45) is 0. The van der Waals surface area contributed by atoms with Gasteiger partial charge in [-0.25, -0.2) is 18.1 Å². The standard InChI is InChI=1S/C19H28N4O3S2.HI/c1-4-20-19(22-14-18-15(2)9-12-27-18)21-13-16-5-7-17(8-6-16)28(24,25)23-10-11-26-3;/h5-9,12,23H,4,10-11,13-14H2,1-3H3,(H2,20,21,22);1H. The summed E-state index contributed by atoms with van der Waals surface area (Å²) in [5.41, 5.74) is 2.20. The number of benzene rings is 1. The van der Waals surface area contributed by atoms with Crippen molar-refractivity contribution in [2.24, 2.45) is 4.99 Å². The predicted molar refractivity (Wildman–Crippen MR) is 130 cm³/mol. The Kier molecular flexibility index (Phi) is 11.7. The molecule has 0 radical (unpaired) electrons. The van der Waals surface area contributed by atoms with E-state index in [1.54, 1.807) is 35.6 Å². The van der Waals surface area contributed by atoms with Gasteiger partial charge in [0.05, 0.1) is 24.6 Å². The van der Waals surface area contributed by atoms with Gasteiger partial charge in [0, 0.05) is 25.1 Å². The number of ether oxygens (including phenoxy) is 1. The van der Waals surface area contributed by atoms with Crippen molar-refractivity contribution < 1.29 is 13.2 Å². The topological polar surface area (TPSA) is 91.8 Å². The monoisotopic (exact) mass is 552 g/mol. The SMILES string of the molecule is CCNC(=NCc1ccc(S(=O)(=O)NCCOC)cc1)NCc1sccc1C.I. The van der Waals surface area contributed by atoms with Crippen LogP contribution in [-0.2, 0) is 27.8 Å². The summed E-state index contributed by atoms with van der Waals surface area (Å²) in [6, 6.07) is 8.85. The number of nitrogens with zero attached hydrogens (tertiary/aromatic N) is 1. The van der Waals surface area contributed by atoms with E-state index in [4.69, 9.17) is 4.74 Å². The van der Waals surface area contributed by atoms with E-state index < -0.39 is 10.0 Å². The molecule has 0 aliphatic heterocycles. The van der Waals surface area contributed by atoms with Crippen molar-refractivity contribution in [3.8, 4) is 0 Å². The van der Waals surface area contributed by atoms with Crippen molar-refractivity contribution in [3.63, 3.8) is 0 Å². The molecule has 162 valence electrons. The summed E-state index contributed by atoms with van der Waals surface area (Å²) in [6.45, 7) is 6.63. The van der Waals surface area contributed by atoms with E-state index >= 15 is 0 Å². The smallest absolute Gasteiger partial charge is 0.240 e. The van der Waals surface area contributed by atoms with Gasteiger partial charge in [0.25, 0.3) is 0 Å². The van der Waals surface area contributed by atoms with Gasteiger partial charge in [-0.3, -0.25) is 0 Å². The Morgan fingerprint density at radius 3 is 2.48 bits per heavy atom. The summed E-state index contributed by atoms with van der Waals surface area (Å²) in [4.78, 5) is 6.09. The maximum absolute atomic E-state index is 12.2. The molecule has 10 heteroatoms. The second kappa shape index (κ2) is 13.2. The molecular formula is C19H29IN4O3S2. The third kappa shape index (κ3) is 8.59. The van der Waals surface area contributed by atoms with Crippen molar-refractivity contribution in [1.29, 1.82) is 0 Å². The van der Waals surface area contributed by atoms with Gasteiger partial charge in [-0.05, 0) is 48.6 Å². The zero-order valence-electron chi connectivity index (χ0n) is 16.9. The van der Waals surface area contributed by atoms with Crippen molar-refractivity contribution in [3.05, 3.63) is 51.7 Å². The van der Waals surface area contributed by atoms with Crippen LogP contribution in [0.4, 0.5) is 0 Å². The Bertz CT molecular complexity index is 868. The first-order valence-corrected chi connectivity index (χ1v) is 11.4. The van der Waals surface area contributed by atoms with Crippen LogP contribution in [0, 0.1) is 6.92 Å². The lowest BCUT2D eigenvalue weighted by Gasteiger charge is -2.11. The molecule has 0 aliphatic carbocycles. The van der Waals surface area contributed by atoms with Gasteiger partial charge in [0.2, 0.25) is 10.0 Å². The Labute approximate surface area is 194 Å². The number of sulfonamides is 1. The maximum atomic E-state index is 12.2. The second-order valence-electron chi connectivity index (χ2n) is 6.11. The molecule has 1 aromatic heterocycles. The van der Waals surface area contributed by atoms with Crippen molar-refractivity contribution in [2.75, 3.05) is 26.8 Å². The number of thiophene rings is 1. The average molecular weight is 553 g/mol. The minimum Gasteiger partial charge on any atom is -0.383 e. The summed E-state index contributed by atoms with van der Waals surface area (Å²) in [5, 5.41) is 8.63. The molecule has 1 aromatic carbocycles. The molecule has 0 fully saturated rings. The van der Waals surface area contributed by atoms with Crippen LogP contribution in [-0.4, -0.2) is 41.2 Å². The van der Waals surface area contributed by atoms with Crippen LogP contribution >= 0.6 is 35.3 Å². The van der Waals surface area contributed by atoms with Crippen LogP contribution < -0.4 is 15.4 Å². The molecule has 0 saturated heterocycles. The molecule has 2 aromatic rings. The fraction of sp³-hybridized carbons (Fsp3) is 0.421. The van der Waals surface area contributed by atoms with Gasteiger partial charge < -0.3 is 15.4 Å². The van der Waals surface area contributed by atoms with Gasteiger partial charge in [0.15, 0.2) is 5.96 Å². The fourth-order valence-electron chi connectivity index (χ4n) is 2.40. The molecule has 0 aliphatic rings. The number of guanidine groups is 1. The Hall–Kier alpha value is -1.21. The van der Waals surface area contributed by atoms with Gasteiger partial charge >= 0.3 is 0 Å². The largest absolute Gasteiger partial charge is 0.383 e. The zero-order chi connectivity index (χ0) is 20.4. The first-order valence-electron chi connectivity index (χ1n) is 9.09. The first-order chi connectivity index (χ1) is 13.5. The summed E-state index contributed by atoms with van der Waals surface area (Å²) >= 11 is 1.72. The van der Waals surface area contributed by atoms with Crippen molar-refractivity contribution in [2.45, 2.75) is 31.8 Å². The third-order valence-corrected chi connectivity index (χ3v) is 6.48. The van der Waals surface area contributed by atoms with E-state index in [1.807, 2.05) is 6.92 Å². The number of nitrogens with one attached hydrogen (secondary N) is 3. The van der Waals surface area contributed by atoms with Gasteiger partial charge in [-0.2, -0.15) is 0 Å². The molecule has 0 atom stereocenters. The number of aryl methyl sites for hydroxylation is 1. The lowest BCUT2D eigenvalue weighted by atomic mass is 10.2. The summed E-state index contributed by atoms with van der Waals surface area (Å²) in [7, 11) is -1.99. The minimum absolute atomic E-state index is 0. The highest BCUT2D eigenvalue weighted by atomic mass is 127. The van der Waals surface area contributed by atoms with Crippen molar-refractivity contribution >= 4 is 51.3 Å². The molecule has 0 saturated carbocycles. The number of hydrogen-bond donors (Lipinski definition) is 3. The zero-order valence-corrected chi connectivity index (χ0v) is 20.9. The van der Waals surface area contributed by atoms with E-state index in [0.717, 1.165) is 24.6 Å². The lowest BCUT2D eigenvalue weighted by Crippen LogP contribution is -2.36. The molecule has 3 N–H and O–H groups in total. The second-order valence-corrected chi connectivity index (χ2v) is 8.88. The Balaban J connectivity index is 0.00000420. The average Bonchev–Trinajstić information content (AvgIpc) is 3.09. The van der Waals surface area contributed by atoms with Gasteiger partial charge in [0.1, 0.15) is 0 Å². The van der Waals surface area contributed by atoms with Crippen molar-refractivity contribution in [1.82, 2.24) is 15.4 Å². The highest BCUT2D eigenvalue weighted by molar-refractivity contribution is 14.0.